The van der Waals surface area contributed by atoms with Gasteiger partial charge in [-0.1, -0.05) is 17.7 Å². The van der Waals surface area contributed by atoms with Gasteiger partial charge in [0.25, 0.3) is 5.91 Å². The number of rotatable bonds is 3. The Bertz CT molecular complexity index is 759. The summed E-state index contributed by atoms with van der Waals surface area (Å²) < 4.78 is 37.8. The van der Waals surface area contributed by atoms with E-state index in [0.717, 1.165) is 24.2 Å². The van der Waals surface area contributed by atoms with Crippen LogP contribution in [-0.4, -0.2) is 30.0 Å². The molecule has 2 aromatic rings. The Kier molecular flexibility index (Phi) is 4.65. The van der Waals surface area contributed by atoms with Crippen molar-refractivity contribution in [2.24, 2.45) is 0 Å². The fourth-order valence-electron chi connectivity index (χ4n) is 2.88. The van der Waals surface area contributed by atoms with Crippen molar-refractivity contribution < 1.29 is 18.0 Å². The molecule has 0 radical (unpaired) electrons. The van der Waals surface area contributed by atoms with Crippen LogP contribution in [-0.2, 0) is 6.18 Å². The predicted octanol–water partition coefficient (Wildman–Crippen LogP) is 3.42. The number of carbonyl (C=O) groups excluding carboxylic acids is 1. The van der Waals surface area contributed by atoms with E-state index in [1.165, 1.54) is 6.07 Å². The van der Waals surface area contributed by atoms with E-state index >= 15 is 0 Å². The molecule has 1 aromatic heterocycles. The predicted molar refractivity (Wildman–Crippen MR) is 88.5 cm³/mol. The molecular formula is C18H18F3N3O. The summed E-state index contributed by atoms with van der Waals surface area (Å²) in [6, 6.07) is 9.67. The highest BCUT2D eigenvalue weighted by atomic mass is 19.4. The molecule has 0 bridgehead atoms. The maximum atomic E-state index is 12.6. The molecule has 1 unspecified atom stereocenters. The molecule has 2 heterocycles. The molecule has 3 rings (SSSR count). The third kappa shape index (κ3) is 4.10. The van der Waals surface area contributed by atoms with Gasteiger partial charge in [-0.25, -0.2) is 4.98 Å². The lowest BCUT2D eigenvalue weighted by atomic mass is 10.1. The first kappa shape index (κ1) is 17.3. The summed E-state index contributed by atoms with van der Waals surface area (Å²) in [7, 11) is 0. The summed E-state index contributed by atoms with van der Waals surface area (Å²) in [5.74, 6) is 0.344. The van der Waals surface area contributed by atoms with E-state index in [-0.39, 0.29) is 11.9 Å². The molecule has 1 aliphatic rings. The number of nitrogens with zero attached hydrogens (tertiary/aromatic N) is 2. The van der Waals surface area contributed by atoms with Gasteiger partial charge in [0.2, 0.25) is 0 Å². The number of carbonyl (C=O) groups is 1. The molecule has 4 nitrogen and oxygen atoms in total. The number of nitrogens with one attached hydrogen (secondary N) is 1. The Morgan fingerprint density at radius 3 is 2.72 bits per heavy atom. The number of pyridine rings is 1. The zero-order chi connectivity index (χ0) is 18.0. The van der Waals surface area contributed by atoms with Gasteiger partial charge >= 0.3 is 6.18 Å². The Morgan fingerprint density at radius 2 is 2.08 bits per heavy atom. The first-order valence-corrected chi connectivity index (χ1v) is 7.98. The van der Waals surface area contributed by atoms with Crippen molar-refractivity contribution in [2.45, 2.75) is 25.6 Å². The summed E-state index contributed by atoms with van der Waals surface area (Å²) in [4.78, 5) is 18.1. The molecule has 1 amide bonds. The van der Waals surface area contributed by atoms with Gasteiger partial charge in [0.15, 0.2) is 0 Å². The number of halogens is 3. The Balaban J connectivity index is 1.61. The molecule has 1 fully saturated rings. The molecule has 1 aromatic carbocycles. The number of aromatic nitrogens is 1. The summed E-state index contributed by atoms with van der Waals surface area (Å²) in [5, 5.41) is 2.97. The van der Waals surface area contributed by atoms with Crippen LogP contribution in [0, 0.1) is 6.92 Å². The second kappa shape index (κ2) is 6.74. The second-order valence-electron chi connectivity index (χ2n) is 6.18. The summed E-state index contributed by atoms with van der Waals surface area (Å²) >= 11 is 0. The molecule has 25 heavy (non-hydrogen) atoms. The van der Waals surface area contributed by atoms with E-state index in [4.69, 9.17) is 0 Å². The molecule has 7 heteroatoms. The first-order valence-electron chi connectivity index (χ1n) is 7.98. The van der Waals surface area contributed by atoms with Crippen LogP contribution in [0.5, 0.6) is 0 Å². The van der Waals surface area contributed by atoms with Crippen molar-refractivity contribution in [2.75, 3.05) is 18.0 Å². The zero-order valence-electron chi connectivity index (χ0n) is 13.7. The fraction of sp³-hybridized carbons (Fsp3) is 0.333. The average Bonchev–Trinajstić information content (AvgIpc) is 3.02. The molecule has 0 aliphatic carbocycles. The Morgan fingerprint density at radius 1 is 1.28 bits per heavy atom. The smallest absolute Gasteiger partial charge is 0.354 e. The summed E-state index contributed by atoms with van der Waals surface area (Å²) in [6.45, 7) is 3.08. The van der Waals surface area contributed by atoms with Crippen molar-refractivity contribution in [3.8, 4) is 0 Å². The SMILES string of the molecule is Cc1cccc(C(=O)NC2CCN(c3ccc(C(F)(F)F)cn3)C2)c1. The number of benzene rings is 1. The molecule has 1 atom stereocenters. The van der Waals surface area contributed by atoms with Gasteiger partial charge < -0.3 is 10.2 Å². The van der Waals surface area contributed by atoms with Crippen LogP contribution in [0.25, 0.3) is 0 Å². The van der Waals surface area contributed by atoms with Gasteiger partial charge in [-0.2, -0.15) is 13.2 Å². The van der Waals surface area contributed by atoms with Crippen LogP contribution in [0.1, 0.15) is 27.9 Å². The molecule has 0 saturated carbocycles. The molecule has 1 N–H and O–H groups in total. The van der Waals surface area contributed by atoms with Crippen LogP contribution in [0.15, 0.2) is 42.6 Å². The molecule has 1 aliphatic heterocycles. The minimum atomic E-state index is -4.39. The van der Waals surface area contributed by atoms with Crippen molar-refractivity contribution in [1.29, 1.82) is 0 Å². The second-order valence-corrected chi connectivity index (χ2v) is 6.18. The number of alkyl halides is 3. The van der Waals surface area contributed by atoms with E-state index < -0.39 is 11.7 Å². The third-order valence-corrected chi connectivity index (χ3v) is 4.20. The highest BCUT2D eigenvalue weighted by molar-refractivity contribution is 5.94. The number of amides is 1. The summed E-state index contributed by atoms with van der Waals surface area (Å²) in [5.41, 5.74) is 0.848. The van der Waals surface area contributed by atoms with E-state index in [1.807, 2.05) is 30.0 Å². The van der Waals surface area contributed by atoms with E-state index in [0.29, 0.717) is 24.5 Å². The quantitative estimate of drug-likeness (QED) is 0.924. The molecule has 0 spiro atoms. The minimum Gasteiger partial charge on any atom is -0.354 e. The maximum Gasteiger partial charge on any atom is 0.417 e. The Hall–Kier alpha value is -2.57. The minimum absolute atomic E-state index is 0.0582. The number of anilines is 1. The van der Waals surface area contributed by atoms with E-state index in [2.05, 4.69) is 10.3 Å². The lowest BCUT2D eigenvalue weighted by molar-refractivity contribution is -0.137. The van der Waals surface area contributed by atoms with Crippen LogP contribution in [0.4, 0.5) is 19.0 Å². The van der Waals surface area contributed by atoms with Crippen molar-refractivity contribution in [1.82, 2.24) is 10.3 Å². The highest BCUT2D eigenvalue weighted by Gasteiger charge is 2.31. The molecule has 132 valence electrons. The number of hydrogen-bond acceptors (Lipinski definition) is 3. The topological polar surface area (TPSA) is 45.2 Å². The van der Waals surface area contributed by atoms with Crippen LogP contribution in [0.3, 0.4) is 0 Å². The van der Waals surface area contributed by atoms with Gasteiger partial charge in [-0.05, 0) is 37.6 Å². The first-order chi connectivity index (χ1) is 11.8. The maximum absolute atomic E-state index is 12.6. The van der Waals surface area contributed by atoms with Crippen LogP contribution < -0.4 is 10.2 Å². The van der Waals surface area contributed by atoms with Gasteiger partial charge in [0.1, 0.15) is 5.82 Å². The van der Waals surface area contributed by atoms with Crippen LogP contribution in [0.2, 0.25) is 0 Å². The number of hydrogen-bond donors (Lipinski definition) is 1. The Labute approximate surface area is 143 Å². The molecular weight excluding hydrogens is 331 g/mol. The largest absolute Gasteiger partial charge is 0.417 e. The van der Waals surface area contributed by atoms with E-state index in [1.54, 1.807) is 6.07 Å². The highest BCUT2D eigenvalue weighted by Crippen LogP contribution is 2.29. The summed E-state index contributed by atoms with van der Waals surface area (Å²) in [6.07, 6.45) is -2.82. The van der Waals surface area contributed by atoms with Gasteiger partial charge in [0, 0.05) is 30.9 Å². The van der Waals surface area contributed by atoms with Crippen molar-refractivity contribution >= 4 is 11.7 Å². The van der Waals surface area contributed by atoms with Crippen molar-refractivity contribution in [3.63, 3.8) is 0 Å². The lowest BCUT2D eigenvalue weighted by Gasteiger charge is -2.18. The zero-order valence-corrected chi connectivity index (χ0v) is 13.7. The monoisotopic (exact) mass is 349 g/mol. The molecule has 1 saturated heterocycles. The van der Waals surface area contributed by atoms with Crippen LogP contribution >= 0.6 is 0 Å². The normalized spacial score (nSPS) is 17.6. The fourth-order valence-corrected chi connectivity index (χ4v) is 2.88. The third-order valence-electron chi connectivity index (χ3n) is 4.20. The van der Waals surface area contributed by atoms with Gasteiger partial charge in [0.05, 0.1) is 5.56 Å². The van der Waals surface area contributed by atoms with Crippen molar-refractivity contribution in [3.05, 3.63) is 59.3 Å². The van der Waals surface area contributed by atoms with Gasteiger partial charge in [-0.3, -0.25) is 4.79 Å². The van der Waals surface area contributed by atoms with E-state index in [9.17, 15) is 18.0 Å². The lowest BCUT2D eigenvalue weighted by Crippen LogP contribution is -2.37. The van der Waals surface area contributed by atoms with Gasteiger partial charge in [-0.15, -0.1) is 0 Å². The number of aryl methyl sites for hydroxylation is 1. The standard InChI is InChI=1S/C18H18F3N3O/c1-12-3-2-4-13(9-12)17(25)23-15-7-8-24(11-15)16-6-5-14(10-22-16)18(19,20)21/h2-6,9-10,15H,7-8,11H2,1H3,(H,23,25). The average molecular weight is 349 g/mol.